The molecule has 0 rings (SSSR count). The van der Waals surface area contributed by atoms with Crippen molar-refractivity contribution in [2.24, 2.45) is 0 Å². The fourth-order valence-corrected chi connectivity index (χ4v) is 6.00. The van der Waals surface area contributed by atoms with Gasteiger partial charge in [0.05, 0.1) is 39.9 Å². The van der Waals surface area contributed by atoms with Crippen LogP contribution in [0.1, 0.15) is 149 Å². The average Bonchev–Trinajstić information content (AvgIpc) is 3.07. The van der Waals surface area contributed by atoms with E-state index in [0.29, 0.717) is 17.4 Å². The Morgan fingerprint density at radius 1 is 0.686 bits per heavy atom. The van der Waals surface area contributed by atoms with E-state index >= 15 is 0 Å². The number of aliphatic hydroxyl groups excluding tert-OH is 1. The van der Waals surface area contributed by atoms with Gasteiger partial charge in [0, 0.05) is 6.42 Å². The minimum absolute atomic E-state index is 0.0554. The van der Waals surface area contributed by atoms with Crippen LogP contribution in [0.5, 0.6) is 0 Å². The minimum atomic E-state index is -4.34. The zero-order chi connectivity index (χ0) is 37.9. The third kappa shape index (κ3) is 36.4. The van der Waals surface area contributed by atoms with Crippen molar-refractivity contribution in [3.05, 3.63) is 60.8 Å². The number of quaternary nitrogens is 1. The van der Waals surface area contributed by atoms with E-state index in [2.05, 4.69) is 67.8 Å². The number of rotatable bonds is 35. The first kappa shape index (κ1) is 49.2. The predicted octanol–water partition coefficient (Wildman–Crippen LogP) is 10.7. The molecule has 9 heteroatoms. The van der Waals surface area contributed by atoms with Crippen molar-refractivity contribution in [2.75, 3.05) is 40.9 Å². The number of carbonyl (C=O) groups excluding carboxylic acids is 1. The summed E-state index contributed by atoms with van der Waals surface area (Å²) in [6.07, 6.45) is 42.8. The maximum absolute atomic E-state index is 12.8. The van der Waals surface area contributed by atoms with Gasteiger partial charge in [0.25, 0.3) is 0 Å². The lowest BCUT2D eigenvalue weighted by atomic mass is 10.1. The number of unbranched alkanes of at least 4 members (excludes halogenated alkanes) is 14. The van der Waals surface area contributed by atoms with Gasteiger partial charge < -0.3 is 19.8 Å². The van der Waals surface area contributed by atoms with Crippen LogP contribution < -0.4 is 5.32 Å². The van der Waals surface area contributed by atoms with Gasteiger partial charge in [0.1, 0.15) is 13.2 Å². The first-order valence-electron chi connectivity index (χ1n) is 20.2. The molecular formula is C42H78N2O6P+. The normalized spacial score (nSPS) is 15.2. The molecule has 0 spiro atoms. The lowest BCUT2D eigenvalue weighted by molar-refractivity contribution is -0.870. The van der Waals surface area contributed by atoms with Gasteiger partial charge in [0.15, 0.2) is 0 Å². The van der Waals surface area contributed by atoms with Crippen LogP contribution in [0, 0.1) is 0 Å². The molecular weight excluding hydrogens is 659 g/mol. The number of aliphatic hydroxyl groups is 1. The Morgan fingerprint density at radius 2 is 1.18 bits per heavy atom. The zero-order valence-electron chi connectivity index (χ0n) is 33.3. The largest absolute Gasteiger partial charge is 0.472 e. The lowest BCUT2D eigenvalue weighted by Crippen LogP contribution is -2.45. The van der Waals surface area contributed by atoms with Gasteiger partial charge in [0.2, 0.25) is 5.91 Å². The highest BCUT2D eigenvalue weighted by Gasteiger charge is 2.27. The standard InChI is InChI=1S/C42H77N2O6P/c1-6-8-10-12-14-16-18-19-20-21-22-23-24-25-26-28-30-32-34-36-42(46)43-40(39-50-51(47,48)49-38-37-44(3,4)5)41(45)35-33-31-29-27-17-15-13-11-9-7-2/h8,10,14,16,19-20,22-23,33,35,40-41,45H,6-7,9,11-13,15,17-18,21,24-32,34,36-39H2,1-5H3,(H-,43,46,47,48)/p+1/b10-8-,16-14-,20-19-,23-22-,35-33+. The zero-order valence-corrected chi connectivity index (χ0v) is 34.2. The number of nitrogens with one attached hydrogen (secondary N) is 1. The molecule has 3 N–H and O–H groups in total. The van der Waals surface area contributed by atoms with E-state index < -0.39 is 20.0 Å². The summed E-state index contributed by atoms with van der Waals surface area (Å²) in [6.45, 7) is 4.64. The van der Waals surface area contributed by atoms with Crippen LogP contribution in [0.15, 0.2) is 60.8 Å². The van der Waals surface area contributed by atoms with E-state index in [0.717, 1.165) is 77.0 Å². The van der Waals surface area contributed by atoms with Crippen LogP contribution >= 0.6 is 7.82 Å². The molecule has 0 fully saturated rings. The van der Waals surface area contributed by atoms with Gasteiger partial charge in [-0.05, 0) is 57.8 Å². The summed E-state index contributed by atoms with van der Waals surface area (Å²) in [5.74, 6) is -0.197. The molecule has 296 valence electrons. The summed E-state index contributed by atoms with van der Waals surface area (Å²) < 4.78 is 23.4. The predicted molar refractivity (Wildman–Crippen MR) is 217 cm³/mol. The quantitative estimate of drug-likeness (QED) is 0.0259. The number of amides is 1. The minimum Gasteiger partial charge on any atom is -0.387 e. The summed E-state index contributed by atoms with van der Waals surface area (Å²) in [4.78, 5) is 23.0. The van der Waals surface area contributed by atoms with Crippen LogP contribution in [-0.2, 0) is 18.4 Å². The van der Waals surface area contributed by atoms with E-state index in [9.17, 15) is 19.4 Å². The highest BCUT2D eigenvalue weighted by atomic mass is 31.2. The topological polar surface area (TPSA) is 105 Å². The summed E-state index contributed by atoms with van der Waals surface area (Å²) in [7, 11) is 1.55. The number of phosphoric ester groups is 1. The van der Waals surface area contributed by atoms with Crippen molar-refractivity contribution in [2.45, 2.75) is 161 Å². The molecule has 0 saturated heterocycles. The molecule has 0 aliphatic heterocycles. The van der Waals surface area contributed by atoms with Crippen LogP contribution in [0.4, 0.5) is 0 Å². The van der Waals surface area contributed by atoms with Gasteiger partial charge >= 0.3 is 7.82 Å². The van der Waals surface area contributed by atoms with Crippen LogP contribution in [-0.4, -0.2) is 73.4 Å². The summed E-state index contributed by atoms with van der Waals surface area (Å²) in [5.41, 5.74) is 0. The molecule has 51 heavy (non-hydrogen) atoms. The van der Waals surface area contributed by atoms with E-state index in [1.165, 1.54) is 51.4 Å². The molecule has 0 radical (unpaired) electrons. The number of phosphoric acid groups is 1. The van der Waals surface area contributed by atoms with Gasteiger partial charge in [-0.15, -0.1) is 0 Å². The monoisotopic (exact) mass is 738 g/mol. The summed E-state index contributed by atoms with van der Waals surface area (Å²) in [5, 5.41) is 13.7. The molecule has 0 saturated carbocycles. The van der Waals surface area contributed by atoms with Crippen LogP contribution in [0.2, 0.25) is 0 Å². The molecule has 0 aromatic rings. The maximum atomic E-state index is 12.8. The second-order valence-electron chi connectivity index (χ2n) is 14.6. The molecule has 3 unspecified atom stereocenters. The number of allylic oxidation sites excluding steroid dienone is 9. The smallest absolute Gasteiger partial charge is 0.387 e. The Balaban J connectivity index is 4.46. The Kier molecular flexibility index (Phi) is 32.8. The fourth-order valence-electron chi connectivity index (χ4n) is 5.26. The number of hydrogen-bond acceptors (Lipinski definition) is 5. The van der Waals surface area contributed by atoms with Crippen molar-refractivity contribution < 1.29 is 32.9 Å². The van der Waals surface area contributed by atoms with E-state index in [1.807, 2.05) is 27.2 Å². The summed E-state index contributed by atoms with van der Waals surface area (Å²) >= 11 is 0. The molecule has 0 aromatic heterocycles. The van der Waals surface area contributed by atoms with Gasteiger partial charge in [-0.25, -0.2) is 4.57 Å². The third-order valence-electron chi connectivity index (χ3n) is 8.49. The molecule has 0 aliphatic carbocycles. The number of nitrogens with zero attached hydrogens (tertiary/aromatic N) is 1. The van der Waals surface area contributed by atoms with E-state index in [-0.39, 0.29) is 19.1 Å². The Hall–Kier alpha value is -1.80. The van der Waals surface area contributed by atoms with Crippen molar-refractivity contribution in [3.63, 3.8) is 0 Å². The molecule has 0 heterocycles. The van der Waals surface area contributed by atoms with Crippen molar-refractivity contribution in [3.8, 4) is 0 Å². The van der Waals surface area contributed by atoms with Gasteiger partial charge in [-0.2, -0.15) is 0 Å². The van der Waals surface area contributed by atoms with Crippen molar-refractivity contribution >= 4 is 13.7 Å². The highest BCUT2D eigenvalue weighted by Crippen LogP contribution is 2.43. The molecule has 0 bridgehead atoms. The molecule has 1 amide bonds. The maximum Gasteiger partial charge on any atom is 0.472 e. The first-order chi connectivity index (χ1) is 24.5. The Labute approximate surface area is 313 Å². The van der Waals surface area contributed by atoms with Crippen molar-refractivity contribution in [1.82, 2.24) is 5.32 Å². The Morgan fingerprint density at radius 3 is 1.73 bits per heavy atom. The van der Waals surface area contributed by atoms with E-state index in [1.54, 1.807) is 6.08 Å². The molecule has 3 atom stereocenters. The highest BCUT2D eigenvalue weighted by molar-refractivity contribution is 7.47. The Bertz CT molecular complexity index is 1020. The lowest BCUT2D eigenvalue weighted by Gasteiger charge is -2.25. The first-order valence-corrected chi connectivity index (χ1v) is 21.7. The fraction of sp³-hybridized carbons (Fsp3) is 0.738. The van der Waals surface area contributed by atoms with Crippen LogP contribution in [0.3, 0.4) is 0 Å². The summed E-state index contributed by atoms with van der Waals surface area (Å²) in [6, 6.07) is -0.854. The van der Waals surface area contributed by atoms with Gasteiger partial charge in [-0.1, -0.05) is 145 Å². The number of hydrogen-bond donors (Lipinski definition) is 3. The van der Waals surface area contributed by atoms with E-state index in [4.69, 9.17) is 9.05 Å². The number of likely N-dealkylation sites (N-methyl/N-ethyl adjacent to an activating group) is 1. The molecule has 8 nitrogen and oxygen atoms in total. The SMILES string of the molecule is CC/C=C\C/C=C\C/C=C\C/C=C\CCCCCCCCC(=O)NC(COP(=O)(O)OCC[N+](C)(C)C)C(O)/C=C/CCCCCCCCCC. The van der Waals surface area contributed by atoms with Gasteiger partial charge in [-0.3, -0.25) is 13.8 Å². The average molecular weight is 738 g/mol. The molecule has 0 aromatic carbocycles. The second kappa shape index (κ2) is 34.0. The number of carbonyl (C=O) groups is 1. The second-order valence-corrected chi connectivity index (χ2v) is 16.1. The van der Waals surface area contributed by atoms with Crippen LogP contribution in [0.25, 0.3) is 0 Å². The molecule has 0 aliphatic rings. The van der Waals surface area contributed by atoms with Crippen molar-refractivity contribution in [1.29, 1.82) is 0 Å². The third-order valence-corrected chi connectivity index (χ3v) is 9.48.